The maximum Gasteiger partial charge on any atom is 0.251 e. The molecule has 0 bridgehead atoms. The van der Waals surface area contributed by atoms with E-state index >= 15 is 0 Å². The van der Waals surface area contributed by atoms with Crippen LogP contribution in [0.2, 0.25) is 0 Å². The summed E-state index contributed by atoms with van der Waals surface area (Å²) in [5.74, 6) is -0.907. The van der Waals surface area contributed by atoms with E-state index in [1.165, 1.54) is 12.1 Å². The molecule has 0 spiro atoms. The quantitative estimate of drug-likeness (QED) is 0.577. The number of aliphatic hydroxyl groups is 1. The van der Waals surface area contributed by atoms with Gasteiger partial charge in [0.25, 0.3) is 5.91 Å². The van der Waals surface area contributed by atoms with Crippen LogP contribution < -0.4 is 11.1 Å². The van der Waals surface area contributed by atoms with Gasteiger partial charge < -0.3 is 21.1 Å². The van der Waals surface area contributed by atoms with Crippen molar-refractivity contribution < 1.29 is 14.3 Å². The molecule has 0 aliphatic carbocycles. The number of amides is 1. The highest BCUT2D eigenvalue weighted by Gasteiger charge is 2.13. The van der Waals surface area contributed by atoms with Crippen LogP contribution >= 0.6 is 0 Å². The second-order valence-corrected chi connectivity index (χ2v) is 5.00. The van der Waals surface area contributed by atoms with Gasteiger partial charge in [-0.1, -0.05) is 6.07 Å². The van der Waals surface area contributed by atoms with Crippen molar-refractivity contribution in [3.63, 3.8) is 0 Å². The van der Waals surface area contributed by atoms with E-state index in [4.69, 9.17) is 10.8 Å². The molecule has 0 saturated heterocycles. The van der Waals surface area contributed by atoms with E-state index in [1.807, 2.05) is 6.07 Å². The van der Waals surface area contributed by atoms with Crippen molar-refractivity contribution in [3.05, 3.63) is 47.9 Å². The molecule has 2 aromatic heterocycles. The summed E-state index contributed by atoms with van der Waals surface area (Å²) in [6.07, 6.45) is 1.75. The highest BCUT2D eigenvalue weighted by atomic mass is 19.1. The molecule has 6 nitrogen and oxygen atoms in total. The molecule has 0 aliphatic heterocycles. The van der Waals surface area contributed by atoms with E-state index in [2.05, 4.69) is 15.3 Å². The fourth-order valence-electron chi connectivity index (χ4n) is 2.43. The lowest BCUT2D eigenvalue weighted by molar-refractivity contribution is 0.0996. The number of primary amides is 1. The molecule has 5 N–H and O–H groups in total. The lowest BCUT2D eigenvalue weighted by Crippen LogP contribution is -2.13. The largest absolute Gasteiger partial charge is 0.395 e. The van der Waals surface area contributed by atoms with Crippen molar-refractivity contribution in [3.8, 4) is 11.1 Å². The third-order valence-electron chi connectivity index (χ3n) is 3.49. The molecule has 2 heterocycles. The number of H-pyrrole nitrogens is 1. The number of aromatic amines is 1. The first-order valence-electron chi connectivity index (χ1n) is 7.02. The zero-order valence-electron chi connectivity index (χ0n) is 12.1. The molecular formula is C16H15FN4O2. The second kappa shape index (κ2) is 6.05. The molecule has 0 fully saturated rings. The van der Waals surface area contributed by atoms with Crippen LogP contribution in [0.5, 0.6) is 0 Å². The minimum atomic E-state index is -0.817. The maximum atomic E-state index is 13.7. The van der Waals surface area contributed by atoms with Gasteiger partial charge in [-0.25, -0.2) is 9.37 Å². The number of nitrogens with two attached hydrogens (primary N) is 1. The van der Waals surface area contributed by atoms with Gasteiger partial charge in [-0.05, 0) is 35.4 Å². The standard InChI is InChI=1S/C16H15FN4O2/c17-13-2-1-9(7-12(13)15(18)23)11-8-14(19-5-6-22)21-16-10(11)3-4-20-16/h1-4,7-8,22H,5-6H2,(H2,18,23)(H2,19,20,21). The Labute approximate surface area is 131 Å². The van der Waals surface area contributed by atoms with Crippen LogP contribution in [-0.4, -0.2) is 34.1 Å². The molecule has 7 heteroatoms. The Kier molecular flexibility index (Phi) is 3.94. The molecule has 0 unspecified atom stereocenters. The van der Waals surface area contributed by atoms with Gasteiger partial charge in [0.2, 0.25) is 0 Å². The molecular weight excluding hydrogens is 299 g/mol. The Hall–Kier alpha value is -2.93. The Morgan fingerprint density at radius 1 is 1.35 bits per heavy atom. The molecule has 1 aromatic carbocycles. The summed E-state index contributed by atoms with van der Waals surface area (Å²) in [4.78, 5) is 18.8. The van der Waals surface area contributed by atoms with Crippen molar-refractivity contribution in [2.45, 2.75) is 0 Å². The normalized spacial score (nSPS) is 10.9. The van der Waals surface area contributed by atoms with Crippen molar-refractivity contribution >= 4 is 22.8 Å². The molecule has 3 aromatic rings. The van der Waals surface area contributed by atoms with Crippen molar-refractivity contribution in [1.82, 2.24) is 9.97 Å². The molecule has 0 atom stereocenters. The summed E-state index contributed by atoms with van der Waals surface area (Å²) >= 11 is 0. The first-order chi connectivity index (χ1) is 11.1. The summed E-state index contributed by atoms with van der Waals surface area (Å²) < 4.78 is 13.7. The van der Waals surface area contributed by atoms with Gasteiger partial charge in [0.15, 0.2) is 0 Å². The van der Waals surface area contributed by atoms with Gasteiger partial charge in [-0.3, -0.25) is 4.79 Å². The zero-order chi connectivity index (χ0) is 16.4. The van der Waals surface area contributed by atoms with E-state index in [9.17, 15) is 9.18 Å². The number of hydrogen-bond acceptors (Lipinski definition) is 4. The molecule has 23 heavy (non-hydrogen) atoms. The minimum absolute atomic E-state index is 0.0256. The van der Waals surface area contributed by atoms with Crippen LogP contribution in [0, 0.1) is 5.82 Å². The predicted molar refractivity (Wildman–Crippen MR) is 85.6 cm³/mol. The maximum absolute atomic E-state index is 13.7. The van der Waals surface area contributed by atoms with Gasteiger partial charge in [0.1, 0.15) is 17.3 Å². The van der Waals surface area contributed by atoms with Gasteiger partial charge in [0, 0.05) is 18.1 Å². The number of nitrogens with zero attached hydrogens (tertiary/aromatic N) is 1. The van der Waals surface area contributed by atoms with Gasteiger partial charge in [-0.15, -0.1) is 0 Å². The average molecular weight is 314 g/mol. The molecule has 0 aliphatic rings. The number of halogens is 1. The summed E-state index contributed by atoms with van der Waals surface area (Å²) in [7, 11) is 0. The van der Waals surface area contributed by atoms with E-state index in [0.29, 0.717) is 23.6 Å². The highest BCUT2D eigenvalue weighted by Crippen LogP contribution is 2.30. The van der Waals surface area contributed by atoms with Crippen LogP contribution in [0.25, 0.3) is 22.2 Å². The fourth-order valence-corrected chi connectivity index (χ4v) is 2.43. The summed E-state index contributed by atoms with van der Waals surface area (Å²) in [5, 5.41) is 12.7. The number of nitrogens with one attached hydrogen (secondary N) is 2. The number of carbonyl (C=O) groups is 1. The molecule has 1 amide bonds. The Morgan fingerprint density at radius 2 is 2.17 bits per heavy atom. The van der Waals surface area contributed by atoms with Gasteiger partial charge in [0.05, 0.1) is 12.2 Å². The first-order valence-corrected chi connectivity index (χ1v) is 7.02. The summed E-state index contributed by atoms with van der Waals surface area (Å²) in [6.45, 7) is 0.330. The van der Waals surface area contributed by atoms with Crippen LogP contribution in [0.4, 0.5) is 10.2 Å². The Bertz CT molecular complexity index is 876. The van der Waals surface area contributed by atoms with Crippen molar-refractivity contribution in [2.24, 2.45) is 5.73 Å². The van der Waals surface area contributed by atoms with Crippen LogP contribution in [0.3, 0.4) is 0 Å². The van der Waals surface area contributed by atoms with Crippen molar-refractivity contribution in [2.75, 3.05) is 18.5 Å². The lowest BCUT2D eigenvalue weighted by Gasteiger charge is -2.10. The molecule has 0 saturated carbocycles. The number of carbonyl (C=O) groups excluding carboxylic acids is 1. The SMILES string of the molecule is NC(=O)c1cc(-c2cc(NCCO)nc3[nH]ccc23)ccc1F. The smallest absolute Gasteiger partial charge is 0.251 e. The van der Waals surface area contributed by atoms with Gasteiger partial charge in [-0.2, -0.15) is 0 Å². The van der Waals surface area contributed by atoms with E-state index in [1.54, 1.807) is 18.3 Å². The van der Waals surface area contributed by atoms with Gasteiger partial charge >= 0.3 is 0 Å². The van der Waals surface area contributed by atoms with E-state index < -0.39 is 11.7 Å². The third kappa shape index (κ3) is 2.86. The second-order valence-electron chi connectivity index (χ2n) is 5.00. The number of aromatic nitrogens is 2. The number of hydrogen-bond donors (Lipinski definition) is 4. The zero-order valence-corrected chi connectivity index (χ0v) is 12.1. The first kappa shape index (κ1) is 15.0. The average Bonchev–Trinajstić information content (AvgIpc) is 3.00. The lowest BCUT2D eigenvalue weighted by atomic mass is 10.0. The third-order valence-corrected chi connectivity index (χ3v) is 3.49. The van der Waals surface area contributed by atoms with Crippen LogP contribution in [0.1, 0.15) is 10.4 Å². The number of aliphatic hydroxyl groups excluding tert-OH is 1. The minimum Gasteiger partial charge on any atom is -0.395 e. The topological polar surface area (TPSA) is 104 Å². The number of anilines is 1. The molecule has 118 valence electrons. The number of benzene rings is 1. The van der Waals surface area contributed by atoms with E-state index in [0.717, 1.165) is 10.9 Å². The van der Waals surface area contributed by atoms with Crippen molar-refractivity contribution in [1.29, 1.82) is 0 Å². The van der Waals surface area contributed by atoms with E-state index in [-0.39, 0.29) is 12.2 Å². The molecule has 3 rings (SSSR count). The molecule has 0 radical (unpaired) electrons. The fraction of sp³-hybridized carbons (Fsp3) is 0.125. The Balaban J connectivity index is 2.16. The monoisotopic (exact) mass is 314 g/mol. The predicted octanol–water partition coefficient (Wildman–Crippen LogP) is 1.87. The highest BCUT2D eigenvalue weighted by molar-refractivity contribution is 5.98. The summed E-state index contributed by atoms with van der Waals surface area (Å²) in [5.41, 5.74) is 7.13. The number of rotatable bonds is 5. The number of pyridine rings is 1. The number of fused-ring (bicyclic) bond motifs is 1. The van der Waals surface area contributed by atoms with Crippen LogP contribution in [-0.2, 0) is 0 Å². The summed E-state index contributed by atoms with van der Waals surface area (Å²) in [6, 6.07) is 7.86. The Morgan fingerprint density at radius 3 is 2.91 bits per heavy atom. The van der Waals surface area contributed by atoms with Crippen LogP contribution in [0.15, 0.2) is 36.5 Å².